The van der Waals surface area contributed by atoms with Crippen LogP contribution in [0.4, 0.5) is 4.39 Å². The van der Waals surface area contributed by atoms with Crippen LogP contribution in [0.25, 0.3) is 0 Å². The molecule has 0 spiro atoms. The van der Waals surface area contributed by atoms with Crippen LogP contribution in [0.1, 0.15) is 32.8 Å². The molecular formula is C16H22FNO3. The number of nitrogens with one attached hydrogen (secondary N) is 1. The van der Waals surface area contributed by atoms with Gasteiger partial charge in [-0.05, 0) is 30.0 Å². The second-order valence-corrected chi connectivity index (χ2v) is 5.45. The number of carboxylic acids is 1. The highest BCUT2D eigenvalue weighted by molar-refractivity contribution is 5.85. The van der Waals surface area contributed by atoms with Crippen LogP contribution in [0.15, 0.2) is 24.3 Å². The van der Waals surface area contributed by atoms with Crippen molar-refractivity contribution in [2.45, 2.75) is 39.7 Å². The lowest BCUT2D eigenvalue weighted by Gasteiger charge is -2.22. The summed E-state index contributed by atoms with van der Waals surface area (Å²) in [4.78, 5) is 23.3. The SMILES string of the molecule is CC[C@H](C)[C@H](NC(=O)C(C)Cc1cccc(F)c1)C(=O)O. The molecule has 1 amide bonds. The van der Waals surface area contributed by atoms with Crippen LogP contribution in [-0.2, 0) is 16.0 Å². The molecule has 0 radical (unpaired) electrons. The standard InChI is InChI=1S/C16H22FNO3/c1-4-10(2)14(16(20)21)18-15(19)11(3)8-12-6-5-7-13(17)9-12/h5-7,9-11,14H,4,8H2,1-3H3,(H,18,19)(H,20,21)/t10-,11?,14-/m0/s1. The molecule has 0 bridgehead atoms. The largest absolute Gasteiger partial charge is 0.480 e. The van der Waals surface area contributed by atoms with E-state index in [2.05, 4.69) is 5.32 Å². The molecule has 0 fully saturated rings. The number of carbonyl (C=O) groups excluding carboxylic acids is 1. The first kappa shape index (κ1) is 17.1. The highest BCUT2D eigenvalue weighted by atomic mass is 19.1. The molecular weight excluding hydrogens is 273 g/mol. The summed E-state index contributed by atoms with van der Waals surface area (Å²) >= 11 is 0. The van der Waals surface area contributed by atoms with Gasteiger partial charge in [-0.3, -0.25) is 4.79 Å². The molecule has 21 heavy (non-hydrogen) atoms. The molecule has 0 aromatic heterocycles. The minimum absolute atomic E-state index is 0.146. The Morgan fingerprint density at radius 3 is 2.52 bits per heavy atom. The number of halogens is 1. The molecule has 1 aromatic rings. The number of hydrogen-bond donors (Lipinski definition) is 2. The van der Waals surface area contributed by atoms with Gasteiger partial charge in [-0.2, -0.15) is 0 Å². The minimum Gasteiger partial charge on any atom is -0.480 e. The molecule has 0 aliphatic rings. The molecule has 5 heteroatoms. The van der Waals surface area contributed by atoms with Gasteiger partial charge in [0.25, 0.3) is 0 Å². The predicted octanol–water partition coefficient (Wildman–Crippen LogP) is 2.62. The Labute approximate surface area is 124 Å². The summed E-state index contributed by atoms with van der Waals surface area (Å²) in [5.74, 6) is -2.27. The van der Waals surface area contributed by atoms with Gasteiger partial charge in [-0.1, -0.05) is 39.3 Å². The Balaban J connectivity index is 2.67. The zero-order chi connectivity index (χ0) is 16.0. The molecule has 0 saturated heterocycles. The second kappa shape index (κ2) is 7.76. The van der Waals surface area contributed by atoms with Crippen molar-refractivity contribution >= 4 is 11.9 Å². The predicted molar refractivity (Wildman–Crippen MR) is 78.3 cm³/mol. The zero-order valence-electron chi connectivity index (χ0n) is 12.6. The Kier molecular flexibility index (Phi) is 6.34. The van der Waals surface area contributed by atoms with Crippen LogP contribution in [0.5, 0.6) is 0 Å². The molecule has 0 aliphatic heterocycles. The summed E-state index contributed by atoms with van der Waals surface area (Å²) in [6.45, 7) is 5.37. The van der Waals surface area contributed by atoms with Gasteiger partial charge in [0.2, 0.25) is 5.91 Å². The Hall–Kier alpha value is -1.91. The van der Waals surface area contributed by atoms with Gasteiger partial charge in [-0.25, -0.2) is 9.18 Å². The van der Waals surface area contributed by atoms with E-state index in [-0.39, 0.29) is 17.6 Å². The van der Waals surface area contributed by atoms with Gasteiger partial charge in [-0.15, -0.1) is 0 Å². The van der Waals surface area contributed by atoms with Crippen LogP contribution in [-0.4, -0.2) is 23.0 Å². The average Bonchev–Trinajstić information content (AvgIpc) is 2.43. The quantitative estimate of drug-likeness (QED) is 0.812. The third-order valence-electron chi connectivity index (χ3n) is 3.66. The van der Waals surface area contributed by atoms with E-state index in [0.717, 1.165) is 0 Å². The molecule has 0 aliphatic carbocycles. The lowest BCUT2D eigenvalue weighted by molar-refractivity contribution is -0.143. The van der Waals surface area contributed by atoms with Gasteiger partial charge in [0, 0.05) is 5.92 Å². The van der Waals surface area contributed by atoms with E-state index in [4.69, 9.17) is 5.11 Å². The van der Waals surface area contributed by atoms with Crippen molar-refractivity contribution < 1.29 is 19.1 Å². The van der Waals surface area contributed by atoms with Crippen molar-refractivity contribution in [2.24, 2.45) is 11.8 Å². The average molecular weight is 295 g/mol. The third kappa shape index (κ3) is 5.17. The highest BCUT2D eigenvalue weighted by Gasteiger charge is 2.27. The Bertz CT molecular complexity index is 504. The lowest BCUT2D eigenvalue weighted by atomic mass is 9.96. The Morgan fingerprint density at radius 2 is 2.00 bits per heavy atom. The fourth-order valence-electron chi connectivity index (χ4n) is 2.09. The number of carboxylic acid groups (broad SMARTS) is 1. The summed E-state index contributed by atoms with van der Waals surface area (Å²) in [6.07, 6.45) is 1.03. The van der Waals surface area contributed by atoms with Gasteiger partial charge in [0.05, 0.1) is 0 Å². The summed E-state index contributed by atoms with van der Waals surface area (Å²) in [6, 6.07) is 5.17. The van der Waals surface area contributed by atoms with Crippen molar-refractivity contribution in [1.29, 1.82) is 0 Å². The summed E-state index contributed by atoms with van der Waals surface area (Å²) in [7, 11) is 0. The topological polar surface area (TPSA) is 66.4 Å². The molecule has 0 saturated carbocycles. The van der Waals surface area contributed by atoms with Crippen molar-refractivity contribution in [3.63, 3.8) is 0 Å². The van der Waals surface area contributed by atoms with Crippen LogP contribution in [0.3, 0.4) is 0 Å². The fourth-order valence-corrected chi connectivity index (χ4v) is 2.09. The molecule has 4 nitrogen and oxygen atoms in total. The first-order valence-corrected chi connectivity index (χ1v) is 7.12. The van der Waals surface area contributed by atoms with Crippen LogP contribution in [0.2, 0.25) is 0 Å². The van der Waals surface area contributed by atoms with Gasteiger partial charge in [0.1, 0.15) is 11.9 Å². The summed E-state index contributed by atoms with van der Waals surface area (Å²) < 4.78 is 13.1. The van der Waals surface area contributed by atoms with E-state index in [9.17, 15) is 14.0 Å². The van der Waals surface area contributed by atoms with Crippen LogP contribution >= 0.6 is 0 Å². The van der Waals surface area contributed by atoms with Crippen molar-refractivity contribution in [3.05, 3.63) is 35.6 Å². The molecule has 0 heterocycles. The van der Waals surface area contributed by atoms with Gasteiger partial charge in [0.15, 0.2) is 0 Å². The number of hydrogen-bond acceptors (Lipinski definition) is 2. The van der Waals surface area contributed by atoms with E-state index in [0.29, 0.717) is 18.4 Å². The normalized spacial score (nSPS) is 15.0. The zero-order valence-corrected chi connectivity index (χ0v) is 12.6. The smallest absolute Gasteiger partial charge is 0.326 e. The second-order valence-electron chi connectivity index (χ2n) is 5.45. The van der Waals surface area contributed by atoms with E-state index in [1.165, 1.54) is 12.1 Å². The maximum absolute atomic E-state index is 13.1. The number of benzene rings is 1. The summed E-state index contributed by atoms with van der Waals surface area (Å²) in [5, 5.41) is 11.7. The van der Waals surface area contributed by atoms with E-state index in [1.807, 2.05) is 6.92 Å². The lowest BCUT2D eigenvalue weighted by Crippen LogP contribution is -2.47. The van der Waals surface area contributed by atoms with Crippen molar-refractivity contribution in [3.8, 4) is 0 Å². The van der Waals surface area contributed by atoms with E-state index < -0.39 is 17.9 Å². The van der Waals surface area contributed by atoms with Gasteiger partial charge < -0.3 is 10.4 Å². The number of carbonyl (C=O) groups is 2. The number of amides is 1. The van der Waals surface area contributed by atoms with E-state index >= 15 is 0 Å². The molecule has 1 aromatic carbocycles. The minimum atomic E-state index is -1.03. The summed E-state index contributed by atoms with van der Waals surface area (Å²) in [5.41, 5.74) is 0.716. The highest BCUT2D eigenvalue weighted by Crippen LogP contribution is 2.13. The van der Waals surface area contributed by atoms with Crippen LogP contribution in [0, 0.1) is 17.7 Å². The van der Waals surface area contributed by atoms with Crippen molar-refractivity contribution in [2.75, 3.05) is 0 Å². The van der Waals surface area contributed by atoms with Crippen LogP contribution < -0.4 is 5.32 Å². The molecule has 1 rings (SSSR count). The maximum Gasteiger partial charge on any atom is 0.326 e. The van der Waals surface area contributed by atoms with E-state index in [1.54, 1.807) is 26.0 Å². The molecule has 3 atom stereocenters. The molecule has 1 unspecified atom stereocenters. The first-order valence-electron chi connectivity index (χ1n) is 7.12. The van der Waals surface area contributed by atoms with Crippen molar-refractivity contribution in [1.82, 2.24) is 5.32 Å². The van der Waals surface area contributed by atoms with Gasteiger partial charge >= 0.3 is 5.97 Å². The number of rotatable bonds is 7. The third-order valence-corrected chi connectivity index (χ3v) is 3.66. The molecule has 2 N–H and O–H groups in total. The number of aliphatic carboxylic acids is 1. The Morgan fingerprint density at radius 1 is 1.33 bits per heavy atom. The fraction of sp³-hybridized carbons (Fsp3) is 0.500. The monoisotopic (exact) mass is 295 g/mol. The maximum atomic E-state index is 13.1. The first-order chi connectivity index (χ1) is 9.85. The molecule has 116 valence electrons.